The first-order valence-corrected chi connectivity index (χ1v) is 6.45. The summed E-state index contributed by atoms with van der Waals surface area (Å²) < 4.78 is 0. The highest BCUT2D eigenvalue weighted by atomic mass is 15.3. The zero-order chi connectivity index (χ0) is 12.5. The van der Waals surface area contributed by atoms with Crippen LogP contribution in [0.1, 0.15) is 13.8 Å². The Morgan fingerprint density at radius 2 is 1.78 bits per heavy atom. The average Bonchev–Trinajstić information content (AvgIpc) is 2.37. The van der Waals surface area contributed by atoms with Crippen LogP contribution in [0.3, 0.4) is 0 Å². The topological polar surface area (TPSA) is 41.1 Å². The maximum atomic E-state index is 4.70. The van der Waals surface area contributed by atoms with Crippen molar-refractivity contribution in [3.05, 3.63) is 30.5 Å². The van der Waals surface area contributed by atoms with E-state index in [1.165, 1.54) is 0 Å². The molecule has 0 aliphatic carbocycles. The second-order valence-corrected chi connectivity index (χ2v) is 5.09. The van der Waals surface area contributed by atoms with Gasteiger partial charge >= 0.3 is 0 Å². The van der Waals surface area contributed by atoms with Crippen LogP contribution in [0.25, 0.3) is 11.0 Å². The predicted octanol–water partition coefficient (Wildman–Crippen LogP) is 1.82. The van der Waals surface area contributed by atoms with Gasteiger partial charge in [-0.25, -0.2) is 4.98 Å². The molecule has 0 spiro atoms. The zero-order valence-corrected chi connectivity index (χ0v) is 10.8. The third-order valence-electron chi connectivity index (χ3n) is 3.32. The molecule has 2 atom stereocenters. The zero-order valence-electron chi connectivity index (χ0n) is 10.8. The largest absolute Gasteiger partial charge is 0.352 e. The van der Waals surface area contributed by atoms with Crippen LogP contribution in [0.15, 0.2) is 30.5 Å². The minimum Gasteiger partial charge on any atom is -0.352 e. The molecule has 1 aromatic carbocycles. The Kier molecular flexibility index (Phi) is 2.88. The molecule has 2 aromatic rings. The summed E-state index contributed by atoms with van der Waals surface area (Å²) in [6.07, 6.45) is 1.88. The van der Waals surface area contributed by atoms with E-state index in [1.807, 2.05) is 30.5 Å². The molecule has 0 amide bonds. The second-order valence-electron chi connectivity index (χ2n) is 5.09. The number of nitrogens with one attached hydrogen (secondary N) is 1. The Morgan fingerprint density at radius 3 is 2.50 bits per heavy atom. The van der Waals surface area contributed by atoms with E-state index in [0.29, 0.717) is 12.1 Å². The molecule has 1 aliphatic heterocycles. The van der Waals surface area contributed by atoms with Gasteiger partial charge in [-0.05, 0) is 26.0 Å². The molecule has 4 nitrogen and oxygen atoms in total. The molecule has 0 radical (unpaired) electrons. The van der Waals surface area contributed by atoms with E-state index in [0.717, 1.165) is 29.9 Å². The number of piperazine rings is 1. The Hall–Kier alpha value is -1.68. The lowest BCUT2D eigenvalue weighted by Crippen LogP contribution is -2.54. The van der Waals surface area contributed by atoms with Gasteiger partial charge in [-0.2, -0.15) is 0 Å². The van der Waals surface area contributed by atoms with Crippen molar-refractivity contribution in [3.8, 4) is 0 Å². The fourth-order valence-corrected chi connectivity index (χ4v) is 2.61. The van der Waals surface area contributed by atoms with E-state index in [1.54, 1.807) is 0 Å². The van der Waals surface area contributed by atoms with Gasteiger partial charge in [0.05, 0.1) is 17.2 Å². The van der Waals surface area contributed by atoms with E-state index in [-0.39, 0.29) is 0 Å². The van der Waals surface area contributed by atoms with Crippen molar-refractivity contribution in [2.75, 3.05) is 18.0 Å². The second kappa shape index (κ2) is 4.53. The first-order chi connectivity index (χ1) is 8.72. The lowest BCUT2D eigenvalue weighted by molar-refractivity contribution is 0.405. The number of aromatic nitrogens is 2. The molecule has 94 valence electrons. The molecule has 0 bridgehead atoms. The van der Waals surface area contributed by atoms with Crippen LogP contribution in [0.5, 0.6) is 0 Å². The maximum Gasteiger partial charge on any atom is 0.147 e. The maximum absolute atomic E-state index is 4.70. The summed E-state index contributed by atoms with van der Waals surface area (Å²) in [7, 11) is 0. The fourth-order valence-electron chi connectivity index (χ4n) is 2.61. The minimum absolute atomic E-state index is 0.488. The summed E-state index contributed by atoms with van der Waals surface area (Å²) in [4.78, 5) is 11.5. The van der Waals surface area contributed by atoms with Gasteiger partial charge in [-0.3, -0.25) is 4.98 Å². The fraction of sp³-hybridized carbons (Fsp3) is 0.429. The molecular weight excluding hydrogens is 224 g/mol. The normalized spacial score (nSPS) is 24.4. The number of hydrogen-bond acceptors (Lipinski definition) is 4. The van der Waals surface area contributed by atoms with Crippen LogP contribution in [-0.2, 0) is 0 Å². The van der Waals surface area contributed by atoms with Crippen molar-refractivity contribution in [1.29, 1.82) is 0 Å². The van der Waals surface area contributed by atoms with Gasteiger partial charge < -0.3 is 10.2 Å². The Morgan fingerprint density at radius 1 is 1.11 bits per heavy atom. The van der Waals surface area contributed by atoms with Crippen LogP contribution in [-0.4, -0.2) is 35.1 Å². The van der Waals surface area contributed by atoms with Crippen molar-refractivity contribution in [2.45, 2.75) is 25.9 Å². The first kappa shape index (κ1) is 11.4. The van der Waals surface area contributed by atoms with E-state index < -0.39 is 0 Å². The molecular formula is C14H18N4. The third-order valence-corrected chi connectivity index (χ3v) is 3.32. The molecule has 1 aromatic heterocycles. The van der Waals surface area contributed by atoms with Crippen LogP contribution < -0.4 is 10.2 Å². The minimum atomic E-state index is 0.488. The molecule has 3 rings (SSSR count). The van der Waals surface area contributed by atoms with Gasteiger partial charge in [0.2, 0.25) is 0 Å². The van der Waals surface area contributed by atoms with Gasteiger partial charge in [0, 0.05) is 25.2 Å². The first-order valence-electron chi connectivity index (χ1n) is 6.45. The van der Waals surface area contributed by atoms with Crippen LogP contribution in [0, 0.1) is 0 Å². The van der Waals surface area contributed by atoms with Crippen LogP contribution in [0.4, 0.5) is 5.82 Å². The van der Waals surface area contributed by atoms with Crippen molar-refractivity contribution in [1.82, 2.24) is 15.3 Å². The SMILES string of the molecule is C[C@@H]1CN(c2cnc3ccccc3n2)C[C@@H](C)N1. The summed E-state index contributed by atoms with van der Waals surface area (Å²) in [6.45, 7) is 6.38. The molecule has 0 saturated carbocycles. The summed E-state index contributed by atoms with van der Waals surface area (Å²) >= 11 is 0. The highest BCUT2D eigenvalue weighted by molar-refractivity contribution is 5.75. The Bertz CT molecular complexity index is 544. The summed E-state index contributed by atoms with van der Waals surface area (Å²) in [6, 6.07) is 8.98. The predicted molar refractivity (Wildman–Crippen MR) is 73.8 cm³/mol. The molecule has 1 fully saturated rings. The summed E-state index contributed by atoms with van der Waals surface area (Å²) in [5, 5.41) is 3.53. The van der Waals surface area contributed by atoms with Crippen molar-refractivity contribution in [3.63, 3.8) is 0 Å². The molecule has 4 heteroatoms. The Balaban J connectivity index is 1.93. The van der Waals surface area contributed by atoms with Crippen LogP contribution >= 0.6 is 0 Å². The molecule has 1 N–H and O–H groups in total. The lowest BCUT2D eigenvalue weighted by atomic mass is 10.1. The van der Waals surface area contributed by atoms with Gasteiger partial charge in [0.25, 0.3) is 0 Å². The quantitative estimate of drug-likeness (QED) is 0.828. The average molecular weight is 242 g/mol. The summed E-state index contributed by atoms with van der Waals surface area (Å²) in [5.74, 6) is 0.980. The molecule has 2 heterocycles. The number of nitrogens with zero attached hydrogens (tertiary/aromatic N) is 3. The smallest absolute Gasteiger partial charge is 0.147 e. The highest BCUT2D eigenvalue weighted by Crippen LogP contribution is 2.17. The van der Waals surface area contributed by atoms with E-state index in [9.17, 15) is 0 Å². The number of fused-ring (bicyclic) bond motifs is 1. The third kappa shape index (κ3) is 2.16. The number of para-hydroxylation sites is 2. The number of benzene rings is 1. The van der Waals surface area contributed by atoms with Gasteiger partial charge in [-0.1, -0.05) is 12.1 Å². The lowest BCUT2D eigenvalue weighted by Gasteiger charge is -2.36. The number of rotatable bonds is 1. The molecule has 0 unspecified atom stereocenters. The Labute approximate surface area is 107 Å². The van der Waals surface area contributed by atoms with Crippen molar-refractivity contribution < 1.29 is 0 Å². The monoisotopic (exact) mass is 242 g/mol. The van der Waals surface area contributed by atoms with Crippen molar-refractivity contribution >= 4 is 16.9 Å². The van der Waals surface area contributed by atoms with E-state index in [4.69, 9.17) is 4.98 Å². The van der Waals surface area contributed by atoms with Crippen molar-refractivity contribution in [2.24, 2.45) is 0 Å². The number of anilines is 1. The molecule has 18 heavy (non-hydrogen) atoms. The van der Waals surface area contributed by atoms with E-state index >= 15 is 0 Å². The summed E-state index contributed by atoms with van der Waals surface area (Å²) in [5.41, 5.74) is 1.92. The molecule has 1 aliphatic rings. The van der Waals surface area contributed by atoms with Gasteiger partial charge in [0.15, 0.2) is 0 Å². The van der Waals surface area contributed by atoms with E-state index in [2.05, 4.69) is 29.0 Å². The molecule has 1 saturated heterocycles. The number of hydrogen-bond donors (Lipinski definition) is 1. The standard InChI is InChI=1S/C14H18N4/c1-10-8-18(9-11(2)16-10)14-7-15-12-5-3-4-6-13(12)17-14/h3-7,10-11,16H,8-9H2,1-2H3/t10-,11-/m1/s1. The van der Waals surface area contributed by atoms with Gasteiger partial charge in [-0.15, -0.1) is 0 Å². The van der Waals surface area contributed by atoms with Crippen LogP contribution in [0.2, 0.25) is 0 Å². The highest BCUT2D eigenvalue weighted by Gasteiger charge is 2.22. The van der Waals surface area contributed by atoms with Gasteiger partial charge in [0.1, 0.15) is 5.82 Å².